The summed E-state index contributed by atoms with van der Waals surface area (Å²) >= 11 is 0. The van der Waals surface area contributed by atoms with Crippen molar-refractivity contribution in [3.8, 4) is 5.75 Å². The second-order valence-corrected chi connectivity index (χ2v) is 5.72. The lowest BCUT2D eigenvalue weighted by molar-refractivity contribution is 0.317. The lowest BCUT2D eigenvalue weighted by atomic mass is 10.1. The fourth-order valence-corrected chi connectivity index (χ4v) is 2.84. The number of nitrogens with one attached hydrogen (secondary N) is 1. The van der Waals surface area contributed by atoms with Gasteiger partial charge in [-0.15, -0.1) is 0 Å². The first-order valence-electron chi connectivity index (χ1n) is 6.98. The van der Waals surface area contributed by atoms with Crippen LogP contribution < -0.4 is 5.32 Å². The molecule has 0 radical (unpaired) electrons. The van der Waals surface area contributed by atoms with E-state index >= 15 is 0 Å². The Hall–Kier alpha value is -1.06. The van der Waals surface area contributed by atoms with Gasteiger partial charge in [0.25, 0.3) is 0 Å². The van der Waals surface area contributed by atoms with E-state index in [4.69, 9.17) is 0 Å². The number of phenols is 1. The van der Waals surface area contributed by atoms with Crippen LogP contribution in [0, 0.1) is 6.92 Å². The van der Waals surface area contributed by atoms with E-state index in [1.165, 1.54) is 37.9 Å². The Morgan fingerprint density at radius 2 is 2.17 bits per heavy atom. The molecule has 1 atom stereocenters. The first-order valence-corrected chi connectivity index (χ1v) is 6.98. The molecule has 1 aromatic carbocycles. The van der Waals surface area contributed by atoms with Gasteiger partial charge in [0, 0.05) is 37.3 Å². The molecule has 1 saturated carbocycles. The van der Waals surface area contributed by atoms with Gasteiger partial charge in [0.1, 0.15) is 5.75 Å². The molecule has 2 fully saturated rings. The molecular formula is C15H22N2O. The van der Waals surface area contributed by atoms with Crippen molar-refractivity contribution in [3.63, 3.8) is 0 Å². The van der Waals surface area contributed by atoms with Crippen molar-refractivity contribution in [3.05, 3.63) is 29.3 Å². The fourth-order valence-electron chi connectivity index (χ4n) is 2.84. The maximum atomic E-state index is 9.81. The molecule has 1 heterocycles. The molecule has 18 heavy (non-hydrogen) atoms. The number of benzene rings is 1. The monoisotopic (exact) mass is 246 g/mol. The van der Waals surface area contributed by atoms with E-state index < -0.39 is 0 Å². The van der Waals surface area contributed by atoms with E-state index in [9.17, 15) is 5.11 Å². The van der Waals surface area contributed by atoms with E-state index in [2.05, 4.69) is 23.2 Å². The highest BCUT2D eigenvalue weighted by Crippen LogP contribution is 2.30. The predicted molar refractivity (Wildman–Crippen MR) is 72.7 cm³/mol. The van der Waals surface area contributed by atoms with Gasteiger partial charge in [-0.2, -0.15) is 0 Å². The zero-order valence-corrected chi connectivity index (χ0v) is 11.0. The Labute approximate surface area is 109 Å². The van der Waals surface area contributed by atoms with Crippen LogP contribution in [-0.4, -0.2) is 35.2 Å². The average molecular weight is 246 g/mol. The highest BCUT2D eigenvalue weighted by atomic mass is 16.3. The largest absolute Gasteiger partial charge is 0.508 e. The minimum atomic E-state index is 0.408. The Balaban J connectivity index is 1.53. The molecule has 3 heteroatoms. The molecule has 0 aromatic heterocycles. The molecule has 3 rings (SSSR count). The number of hydrogen-bond acceptors (Lipinski definition) is 3. The minimum Gasteiger partial charge on any atom is -0.508 e. The summed E-state index contributed by atoms with van der Waals surface area (Å²) in [5, 5.41) is 13.4. The van der Waals surface area contributed by atoms with Crippen molar-refractivity contribution in [1.29, 1.82) is 0 Å². The number of aryl methyl sites for hydroxylation is 1. The Bertz CT molecular complexity index is 429. The van der Waals surface area contributed by atoms with Crippen molar-refractivity contribution in [2.75, 3.05) is 13.1 Å². The van der Waals surface area contributed by atoms with Crippen LogP contribution in [0.2, 0.25) is 0 Å². The molecule has 0 amide bonds. The van der Waals surface area contributed by atoms with Gasteiger partial charge < -0.3 is 10.4 Å². The van der Waals surface area contributed by atoms with Crippen LogP contribution in [0.1, 0.15) is 30.4 Å². The van der Waals surface area contributed by atoms with E-state index in [1.54, 1.807) is 6.07 Å². The summed E-state index contributed by atoms with van der Waals surface area (Å²) in [6, 6.07) is 7.27. The third-order valence-corrected chi connectivity index (χ3v) is 4.10. The van der Waals surface area contributed by atoms with Gasteiger partial charge in [0.2, 0.25) is 0 Å². The molecule has 0 spiro atoms. The third kappa shape index (κ3) is 2.68. The number of likely N-dealkylation sites (tertiary alicyclic amines) is 1. The van der Waals surface area contributed by atoms with Gasteiger partial charge in [0.05, 0.1) is 0 Å². The molecule has 2 N–H and O–H groups in total. The molecule has 1 aliphatic heterocycles. The van der Waals surface area contributed by atoms with Crippen LogP contribution in [0.15, 0.2) is 18.2 Å². The average Bonchev–Trinajstić information content (AvgIpc) is 3.10. The second kappa shape index (κ2) is 4.90. The quantitative estimate of drug-likeness (QED) is 0.853. The van der Waals surface area contributed by atoms with Gasteiger partial charge in [0.15, 0.2) is 0 Å². The Morgan fingerprint density at radius 3 is 2.94 bits per heavy atom. The van der Waals surface area contributed by atoms with Gasteiger partial charge in [-0.3, -0.25) is 4.90 Å². The van der Waals surface area contributed by atoms with E-state index in [-0.39, 0.29) is 0 Å². The summed E-state index contributed by atoms with van der Waals surface area (Å²) in [5.41, 5.74) is 2.22. The van der Waals surface area contributed by atoms with Crippen LogP contribution >= 0.6 is 0 Å². The number of aromatic hydroxyl groups is 1. The topological polar surface area (TPSA) is 35.5 Å². The Kier molecular flexibility index (Phi) is 3.27. The minimum absolute atomic E-state index is 0.408. The highest BCUT2D eigenvalue weighted by Gasteiger charge is 2.34. The van der Waals surface area contributed by atoms with Crippen LogP contribution in [0.4, 0.5) is 0 Å². The zero-order valence-electron chi connectivity index (χ0n) is 11.0. The molecule has 1 aromatic rings. The van der Waals surface area contributed by atoms with Crippen LogP contribution in [0.25, 0.3) is 0 Å². The lowest BCUT2D eigenvalue weighted by Crippen LogP contribution is -2.32. The van der Waals surface area contributed by atoms with Gasteiger partial charge in [-0.05, 0) is 32.3 Å². The number of phenolic OH excluding ortho intramolecular Hbond substituents is 1. The first-order chi connectivity index (χ1) is 8.72. The molecule has 2 aliphatic rings. The van der Waals surface area contributed by atoms with E-state index in [0.29, 0.717) is 11.8 Å². The predicted octanol–water partition coefficient (Wildman–Crippen LogP) is 2.03. The second-order valence-electron chi connectivity index (χ2n) is 5.72. The number of rotatable bonds is 4. The maximum absolute atomic E-state index is 9.81. The number of nitrogens with zero attached hydrogens (tertiary/aromatic N) is 1. The SMILES string of the molecule is Cc1ccc(O)c(CNC2CCN(C3CC3)C2)c1. The van der Waals surface area contributed by atoms with Crippen LogP contribution in [-0.2, 0) is 6.54 Å². The summed E-state index contributed by atoms with van der Waals surface area (Å²) in [5.74, 6) is 0.408. The van der Waals surface area contributed by atoms with Gasteiger partial charge in [-0.1, -0.05) is 17.7 Å². The molecular weight excluding hydrogens is 224 g/mol. The van der Waals surface area contributed by atoms with Crippen molar-refractivity contribution in [2.24, 2.45) is 0 Å². The smallest absolute Gasteiger partial charge is 0.120 e. The first kappa shape index (κ1) is 12.0. The normalized spacial score (nSPS) is 24.6. The third-order valence-electron chi connectivity index (χ3n) is 4.10. The Morgan fingerprint density at radius 1 is 1.33 bits per heavy atom. The molecule has 1 aliphatic carbocycles. The van der Waals surface area contributed by atoms with Crippen LogP contribution in [0.5, 0.6) is 5.75 Å². The van der Waals surface area contributed by atoms with E-state index in [0.717, 1.165) is 18.2 Å². The van der Waals surface area contributed by atoms with Crippen molar-refractivity contribution in [1.82, 2.24) is 10.2 Å². The van der Waals surface area contributed by atoms with E-state index in [1.807, 2.05) is 6.07 Å². The summed E-state index contributed by atoms with van der Waals surface area (Å²) in [7, 11) is 0. The van der Waals surface area contributed by atoms with Crippen molar-refractivity contribution in [2.45, 2.75) is 44.8 Å². The van der Waals surface area contributed by atoms with Crippen LogP contribution in [0.3, 0.4) is 0 Å². The molecule has 1 unspecified atom stereocenters. The van der Waals surface area contributed by atoms with Gasteiger partial charge in [-0.25, -0.2) is 0 Å². The summed E-state index contributed by atoms with van der Waals surface area (Å²) < 4.78 is 0. The zero-order chi connectivity index (χ0) is 12.5. The fraction of sp³-hybridized carbons (Fsp3) is 0.600. The van der Waals surface area contributed by atoms with Gasteiger partial charge >= 0.3 is 0 Å². The summed E-state index contributed by atoms with van der Waals surface area (Å²) in [6.07, 6.45) is 4.03. The maximum Gasteiger partial charge on any atom is 0.120 e. The standard InChI is InChI=1S/C15H22N2O/c1-11-2-5-15(18)12(8-11)9-16-13-6-7-17(10-13)14-3-4-14/h2,5,8,13-14,16,18H,3-4,6-7,9-10H2,1H3. The van der Waals surface area contributed by atoms with Crippen molar-refractivity contribution < 1.29 is 5.11 Å². The lowest BCUT2D eigenvalue weighted by Gasteiger charge is -2.16. The highest BCUT2D eigenvalue weighted by molar-refractivity contribution is 5.35. The molecule has 1 saturated heterocycles. The van der Waals surface area contributed by atoms with Crippen molar-refractivity contribution >= 4 is 0 Å². The molecule has 98 valence electrons. The molecule has 0 bridgehead atoms. The summed E-state index contributed by atoms with van der Waals surface area (Å²) in [6.45, 7) is 5.25. The number of hydrogen-bond donors (Lipinski definition) is 2. The molecule has 3 nitrogen and oxygen atoms in total. The summed E-state index contributed by atoms with van der Waals surface area (Å²) in [4.78, 5) is 2.60.